The van der Waals surface area contributed by atoms with Gasteiger partial charge in [0.25, 0.3) is 0 Å². The van der Waals surface area contributed by atoms with Crippen molar-refractivity contribution in [1.82, 2.24) is 0 Å². The van der Waals surface area contributed by atoms with Crippen LogP contribution in [0.2, 0.25) is 5.02 Å². The molecule has 0 amide bonds. The Balaban J connectivity index is 1.68. The van der Waals surface area contributed by atoms with E-state index >= 15 is 0 Å². The molecule has 1 spiro atoms. The van der Waals surface area contributed by atoms with Crippen LogP contribution in [0.4, 0.5) is 5.69 Å². The first-order valence-electron chi connectivity index (χ1n) is 7.81. The van der Waals surface area contributed by atoms with Gasteiger partial charge in [0, 0.05) is 12.6 Å². The Labute approximate surface area is 131 Å². The van der Waals surface area contributed by atoms with E-state index in [1.165, 1.54) is 32.1 Å². The summed E-state index contributed by atoms with van der Waals surface area (Å²) in [6, 6.07) is 7.96. The molecule has 0 bridgehead atoms. The molecule has 1 saturated carbocycles. The molecular weight excluding hydrogens is 284 g/mol. The molecule has 1 heterocycles. The number of halogens is 1. The summed E-state index contributed by atoms with van der Waals surface area (Å²) in [6.07, 6.45) is 8.35. The van der Waals surface area contributed by atoms with Gasteiger partial charge in [-0.3, -0.25) is 0 Å². The molecule has 0 aromatic heterocycles. The summed E-state index contributed by atoms with van der Waals surface area (Å²) in [4.78, 5) is 0. The maximum absolute atomic E-state index is 8.89. The Morgan fingerprint density at radius 3 is 2.81 bits per heavy atom. The molecule has 1 N–H and O–H groups in total. The van der Waals surface area contributed by atoms with E-state index in [1.807, 2.05) is 12.1 Å². The van der Waals surface area contributed by atoms with Crippen LogP contribution >= 0.6 is 11.6 Å². The van der Waals surface area contributed by atoms with Crippen LogP contribution in [0, 0.1) is 11.3 Å². The minimum atomic E-state index is 0.0905. The van der Waals surface area contributed by atoms with E-state index in [0.717, 1.165) is 25.1 Å². The number of ether oxygens (including phenoxy) is 1. The molecule has 1 aliphatic heterocycles. The Hall–Kier alpha value is -1.24. The minimum Gasteiger partial charge on any atom is -0.381 e. The summed E-state index contributed by atoms with van der Waals surface area (Å²) in [6.45, 7) is 0.825. The molecule has 2 aliphatic rings. The number of nitriles is 1. The predicted octanol–water partition coefficient (Wildman–Crippen LogP) is 4.51. The highest BCUT2D eigenvalue weighted by Crippen LogP contribution is 2.39. The summed E-state index contributed by atoms with van der Waals surface area (Å²) in [7, 11) is 0. The lowest BCUT2D eigenvalue weighted by atomic mass is 9.78. The Kier molecular flexibility index (Phi) is 4.37. The normalized spacial score (nSPS) is 24.5. The van der Waals surface area contributed by atoms with Gasteiger partial charge in [0.2, 0.25) is 0 Å². The van der Waals surface area contributed by atoms with E-state index in [1.54, 1.807) is 6.07 Å². The highest BCUT2D eigenvalue weighted by atomic mass is 35.5. The zero-order chi connectivity index (χ0) is 14.7. The summed E-state index contributed by atoms with van der Waals surface area (Å²) < 4.78 is 6.13. The number of benzene rings is 1. The van der Waals surface area contributed by atoms with Gasteiger partial charge in [-0.15, -0.1) is 0 Å². The van der Waals surface area contributed by atoms with Crippen molar-refractivity contribution in [3.63, 3.8) is 0 Å². The number of nitrogens with zero attached hydrogens (tertiary/aromatic N) is 1. The fourth-order valence-corrected chi connectivity index (χ4v) is 3.85. The summed E-state index contributed by atoms with van der Waals surface area (Å²) in [5, 5.41) is 13.1. The van der Waals surface area contributed by atoms with Crippen molar-refractivity contribution in [2.24, 2.45) is 0 Å². The van der Waals surface area contributed by atoms with E-state index in [2.05, 4.69) is 11.4 Å². The van der Waals surface area contributed by atoms with Gasteiger partial charge in [0.05, 0.1) is 27.9 Å². The van der Waals surface area contributed by atoms with E-state index in [-0.39, 0.29) is 5.60 Å². The molecule has 1 atom stereocenters. The number of hydrogen-bond donors (Lipinski definition) is 1. The zero-order valence-electron chi connectivity index (χ0n) is 12.2. The Bertz CT molecular complexity index is 541. The van der Waals surface area contributed by atoms with Crippen molar-refractivity contribution in [1.29, 1.82) is 5.26 Å². The number of anilines is 1. The van der Waals surface area contributed by atoms with Gasteiger partial charge in [-0.05, 0) is 43.9 Å². The third-order valence-corrected chi connectivity index (χ3v) is 5.03. The monoisotopic (exact) mass is 304 g/mol. The molecule has 1 aliphatic carbocycles. The molecule has 112 valence electrons. The first-order valence-corrected chi connectivity index (χ1v) is 8.19. The van der Waals surface area contributed by atoms with Gasteiger partial charge < -0.3 is 10.1 Å². The van der Waals surface area contributed by atoms with Gasteiger partial charge >= 0.3 is 0 Å². The lowest BCUT2D eigenvalue weighted by Gasteiger charge is -2.44. The largest absolute Gasteiger partial charge is 0.381 e. The van der Waals surface area contributed by atoms with Gasteiger partial charge in [0.1, 0.15) is 0 Å². The van der Waals surface area contributed by atoms with Crippen molar-refractivity contribution < 1.29 is 4.74 Å². The molecule has 0 radical (unpaired) electrons. The molecule has 4 heteroatoms. The molecule has 21 heavy (non-hydrogen) atoms. The number of nitrogens with one attached hydrogen (secondary N) is 1. The molecule has 1 unspecified atom stereocenters. The Morgan fingerprint density at radius 1 is 1.29 bits per heavy atom. The SMILES string of the molecule is N#Cc1ccc(NC2CCOC3(CCCCC3)C2)c(Cl)c1. The fourth-order valence-electron chi connectivity index (χ4n) is 3.62. The van der Waals surface area contributed by atoms with Crippen molar-refractivity contribution >= 4 is 17.3 Å². The second kappa shape index (κ2) is 6.25. The summed E-state index contributed by atoms with van der Waals surface area (Å²) >= 11 is 6.26. The average Bonchev–Trinajstić information content (AvgIpc) is 2.50. The topological polar surface area (TPSA) is 45.0 Å². The zero-order valence-corrected chi connectivity index (χ0v) is 13.0. The fraction of sp³-hybridized carbons (Fsp3) is 0.588. The summed E-state index contributed by atoms with van der Waals surface area (Å²) in [5.74, 6) is 0. The maximum Gasteiger partial charge on any atom is 0.0992 e. The van der Waals surface area contributed by atoms with E-state index < -0.39 is 0 Å². The van der Waals surface area contributed by atoms with Crippen LogP contribution in [-0.4, -0.2) is 18.2 Å². The maximum atomic E-state index is 8.89. The lowest BCUT2D eigenvalue weighted by molar-refractivity contribution is -0.103. The predicted molar refractivity (Wildman–Crippen MR) is 84.6 cm³/mol. The number of hydrogen-bond acceptors (Lipinski definition) is 3. The second-order valence-electron chi connectivity index (χ2n) is 6.23. The van der Waals surface area contributed by atoms with Crippen LogP contribution in [0.5, 0.6) is 0 Å². The lowest BCUT2D eigenvalue weighted by Crippen LogP contribution is -2.45. The van der Waals surface area contributed by atoms with Crippen LogP contribution in [0.1, 0.15) is 50.5 Å². The molecular formula is C17H21ClN2O. The molecule has 1 aromatic rings. The first-order chi connectivity index (χ1) is 10.2. The Morgan fingerprint density at radius 2 is 2.10 bits per heavy atom. The quantitative estimate of drug-likeness (QED) is 0.874. The van der Waals surface area contributed by atoms with Crippen LogP contribution in [-0.2, 0) is 4.74 Å². The molecule has 1 aromatic carbocycles. The third-order valence-electron chi connectivity index (χ3n) is 4.72. The molecule has 2 fully saturated rings. The standard InChI is InChI=1S/C17H21ClN2O/c18-15-10-13(12-19)4-5-16(15)20-14-6-9-21-17(11-14)7-2-1-3-8-17/h4-5,10,14,20H,1-3,6-9,11H2. The van der Waals surface area contributed by atoms with E-state index in [0.29, 0.717) is 16.6 Å². The van der Waals surface area contributed by atoms with Crippen molar-refractivity contribution in [2.45, 2.75) is 56.6 Å². The highest BCUT2D eigenvalue weighted by molar-refractivity contribution is 6.33. The highest BCUT2D eigenvalue weighted by Gasteiger charge is 2.38. The first kappa shape index (κ1) is 14.7. The number of rotatable bonds is 2. The van der Waals surface area contributed by atoms with Crippen LogP contribution in [0.15, 0.2) is 18.2 Å². The molecule has 1 saturated heterocycles. The minimum absolute atomic E-state index is 0.0905. The third kappa shape index (κ3) is 3.33. The van der Waals surface area contributed by atoms with Crippen LogP contribution in [0.3, 0.4) is 0 Å². The van der Waals surface area contributed by atoms with Crippen molar-refractivity contribution in [3.05, 3.63) is 28.8 Å². The average molecular weight is 305 g/mol. The molecule has 3 nitrogen and oxygen atoms in total. The van der Waals surface area contributed by atoms with Gasteiger partial charge in [-0.1, -0.05) is 30.9 Å². The van der Waals surface area contributed by atoms with Crippen LogP contribution < -0.4 is 5.32 Å². The van der Waals surface area contributed by atoms with E-state index in [4.69, 9.17) is 21.6 Å². The van der Waals surface area contributed by atoms with Gasteiger partial charge in [-0.25, -0.2) is 0 Å². The summed E-state index contributed by atoms with van der Waals surface area (Å²) in [5.41, 5.74) is 1.61. The molecule has 3 rings (SSSR count). The van der Waals surface area contributed by atoms with Gasteiger partial charge in [-0.2, -0.15) is 5.26 Å². The van der Waals surface area contributed by atoms with Crippen molar-refractivity contribution in [3.8, 4) is 6.07 Å². The van der Waals surface area contributed by atoms with Crippen molar-refractivity contribution in [2.75, 3.05) is 11.9 Å². The van der Waals surface area contributed by atoms with Crippen LogP contribution in [0.25, 0.3) is 0 Å². The van der Waals surface area contributed by atoms with Gasteiger partial charge in [0.15, 0.2) is 0 Å². The second-order valence-corrected chi connectivity index (χ2v) is 6.64. The van der Waals surface area contributed by atoms with E-state index in [9.17, 15) is 0 Å². The smallest absolute Gasteiger partial charge is 0.0992 e.